The lowest BCUT2D eigenvalue weighted by Gasteiger charge is -2.25. The normalized spacial score (nSPS) is 10.5. The van der Waals surface area contributed by atoms with E-state index in [-0.39, 0.29) is 0 Å². The minimum absolute atomic E-state index is 0.826. The Morgan fingerprint density at radius 1 is 0.864 bits per heavy atom. The van der Waals surface area contributed by atoms with Crippen LogP contribution in [0.5, 0.6) is 0 Å². The third-order valence-corrected chi connectivity index (χ3v) is 3.34. The maximum Gasteiger partial charge on any atom is 0.0575 e. The highest BCUT2D eigenvalue weighted by Crippen LogP contribution is 2.16. The van der Waals surface area contributed by atoms with Gasteiger partial charge in [-0.15, -0.1) is 6.58 Å². The molecular weight excluding hydrogens is 268 g/mol. The molecular formula is C20H24N2. The van der Waals surface area contributed by atoms with Gasteiger partial charge in [-0.25, -0.2) is 0 Å². The van der Waals surface area contributed by atoms with Crippen LogP contribution in [0.3, 0.4) is 0 Å². The summed E-state index contributed by atoms with van der Waals surface area (Å²) in [7, 11) is 0. The molecule has 2 heteroatoms. The zero-order valence-corrected chi connectivity index (χ0v) is 13.0. The quantitative estimate of drug-likeness (QED) is 0.376. The van der Waals surface area contributed by atoms with Gasteiger partial charge >= 0.3 is 0 Å². The van der Waals surface area contributed by atoms with Crippen molar-refractivity contribution in [2.45, 2.75) is 19.3 Å². The lowest BCUT2D eigenvalue weighted by molar-refractivity contribution is 0.865. The lowest BCUT2D eigenvalue weighted by Crippen LogP contribution is -2.29. The molecule has 0 unspecified atom stereocenters. The van der Waals surface area contributed by atoms with E-state index in [9.17, 15) is 0 Å². The fourth-order valence-electron chi connectivity index (χ4n) is 2.17. The zero-order chi connectivity index (χ0) is 15.5. The minimum atomic E-state index is 0.826. The van der Waals surface area contributed by atoms with Gasteiger partial charge in [-0.2, -0.15) is 0 Å². The summed E-state index contributed by atoms with van der Waals surface area (Å²) in [6, 6.07) is 20.6. The lowest BCUT2D eigenvalue weighted by atomic mass is 10.2. The van der Waals surface area contributed by atoms with E-state index >= 15 is 0 Å². The first-order valence-corrected chi connectivity index (χ1v) is 7.80. The first-order chi connectivity index (χ1) is 10.9. The van der Waals surface area contributed by atoms with E-state index in [2.05, 4.69) is 65.6 Å². The van der Waals surface area contributed by atoms with Crippen LogP contribution in [0.25, 0.3) is 0 Å². The summed E-state index contributed by atoms with van der Waals surface area (Å²) in [5.41, 5.74) is 5.71. The maximum atomic E-state index is 3.75. The summed E-state index contributed by atoms with van der Waals surface area (Å²) in [5.74, 6) is 0. The van der Waals surface area contributed by atoms with Crippen molar-refractivity contribution in [3.8, 4) is 0 Å². The molecule has 0 aliphatic rings. The Balaban J connectivity index is 1.98. The van der Waals surface area contributed by atoms with Crippen molar-refractivity contribution in [2.24, 2.45) is 0 Å². The van der Waals surface area contributed by atoms with Gasteiger partial charge in [0.05, 0.1) is 17.9 Å². The number of anilines is 2. The number of benzene rings is 2. The third-order valence-electron chi connectivity index (χ3n) is 3.34. The number of rotatable bonds is 9. The van der Waals surface area contributed by atoms with E-state index in [4.69, 9.17) is 0 Å². The van der Waals surface area contributed by atoms with E-state index in [1.165, 1.54) is 0 Å². The molecule has 0 amide bonds. The van der Waals surface area contributed by atoms with Crippen molar-refractivity contribution >= 4 is 11.4 Å². The summed E-state index contributed by atoms with van der Waals surface area (Å²) >= 11 is 0. The van der Waals surface area contributed by atoms with Crippen molar-refractivity contribution in [2.75, 3.05) is 17.0 Å². The monoisotopic (exact) mass is 292 g/mol. The smallest absolute Gasteiger partial charge is 0.0575 e. The molecule has 0 saturated heterocycles. The second kappa shape index (κ2) is 9.46. The number of hydrazine groups is 1. The summed E-state index contributed by atoms with van der Waals surface area (Å²) < 4.78 is 0. The largest absolute Gasteiger partial charge is 0.298 e. The van der Waals surface area contributed by atoms with Crippen LogP contribution in [0, 0.1) is 0 Å². The van der Waals surface area contributed by atoms with Gasteiger partial charge in [0.15, 0.2) is 0 Å². The molecule has 2 nitrogen and oxygen atoms in total. The van der Waals surface area contributed by atoms with E-state index in [0.717, 1.165) is 37.2 Å². The fourth-order valence-corrected chi connectivity index (χ4v) is 2.17. The maximum absolute atomic E-state index is 3.75. The number of nitrogens with zero attached hydrogens (tertiary/aromatic N) is 1. The molecule has 0 aromatic heterocycles. The van der Waals surface area contributed by atoms with E-state index in [0.29, 0.717) is 0 Å². The SMILES string of the molecule is C=CCCCC=CCN(Nc1ccccc1)c1ccccc1. The second-order valence-corrected chi connectivity index (χ2v) is 5.11. The van der Waals surface area contributed by atoms with Gasteiger partial charge in [-0.05, 0) is 43.5 Å². The van der Waals surface area contributed by atoms with E-state index < -0.39 is 0 Å². The van der Waals surface area contributed by atoms with Gasteiger partial charge < -0.3 is 0 Å². The van der Waals surface area contributed by atoms with Crippen molar-refractivity contribution in [3.63, 3.8) is 0 Å². The Hall–Kier alpha value is -2.48. The first-order valence-electron chi connectivity index (χ1n) is 7.80. The molecule has 0 aliphatic carbocycles. The van der Waals surface area contributed by atoms with Gasteiger partial charge in [-0.3, -0.25) is 10.4 Å². The van der Waals surface area contributed by atoms with Gasteiger partial charge in [0.2, 0.25) is 0 Å². The number of allylic oxidation sites excluding steroid dienone is 2. The first kappa shape index (κ1) is 15.9. The van der Waals surface area contributed by atoms with Gasteiger partial charge in [-0.1, -0.05) is 54.6 Å². The number of hydrogen-bond donors (Lipinski definition) is 1. The second-order valence-electron chi connectivity index (χ2n) is 5.11. The standard InChI is InChI=1S/C20H24N2/c1-2-3-4-5-6-13-18-22(20-16-11-8-12-17-20)21-19-14-9-7-10-15-19/h2,6-17,21H,1,3-5,18H2. The van der Waals surface area contributed by atoms with Gasteiger partial charge in [0.1, 0.15) is 0 Å². The molecule has 0 saturated carbocycles. The number of unbranched alkanes of at least 4 members (excludes halogenated alkanes) is 2. The molecule has 22 heavy (non-hydrogen) atoms. The van der Waals surface area contributed by atoms with Crippen LogP contribution >= 0.6 is 0 Å². The summed E-state index contributed by atoms with van der Waals surface area (Å²) in [6.07, 6.45) is 9.77. The Morgan fingerprint density at radius 3 is 2.23 bits per heavy atom. The number of para-hydroxylation sites is 2. The van der Waals surface area contributed by atoms with Crippen LogP contribution in [0.4, 0.5) is 11.4 Å². The third kappa shape index (κ3) is 5.49. The molecule has 0 bridgehead atoms. The van der Waals surface area contributed by atoms with Crippen LogP contribution in [-0.4, -0.2) is 6.54 Å². The molecule has 0 atom stereocenters. The molecule has 0 aliphatic heterocycles. The van der Waals surface area contributed by atoms with Crippen molar-refractivity contribution in [1.29, 1.82) is 0 Å². The summed E-state index contributed by atoms with van der Waals surface area (Å²) in [6.45, 7) is 4.58. The molecule has 0 heterocycles. The van der Waals surface area contributed by atoms with Crippen LogP contribution in [0.15, 0.2) is 85.5 Å². The molecule has 0 radical (unpaired) electrons. The Labute approximate surface area is 133 Å². The average Bonchev–Trinajstić information content (AvgIpc) is 2.58. The Kier molecular flexibility index (Phi) is 6.83. The fraction of sp³-hybridized carbons (Fsp3) is 0.200. The highest BCUT2D eigenvalue weighted by atomic mass is 15.5. The van der Waals surface area contributed by atoms with E-state index in [1.807, 2.05) is 30.3 Å². The Bertz CT molecular complexity index is 561. The van der Waals surface area contributed by atoms with Crippen molar-refractivity contribution < 1.29 is 0 Å². The predicted molar refractivity (Wildman–Crippen MR) is 97.0 cm³/mol. The van der Waals surface area contributed by atoms with E-state index in [1.54, 1.807) is 0 Å². The summed E-state index contributed by atoms with van der Waals surface area (Å²) in [5, 5.41) is 2.15. The Morgan fingerprint density at radius 2 is 1.55 bits per heavy atom. The summed E-state index contributed by atoms with van der Waals surface area (Å²) in [4.78, 5) is 0. The molecule has 1 N–H and O–H groups in total. The average molecular weight is 292 g/mol. The minimum Gasteiger partial charge on any atom is -0.298 e. The number of nitrogens with one attached hydrogen (secondary N) is 1. The topological polar surface area (TPSA) is 15.3 Å². The molecule has 2 aromatic rings. The molecule has 114 valence electrons. The number of hydrogen-bond acceptors (Lipinski definition) is 2. The van der Waals surface area contributed by atoms with Crippen molar-refractivity contribution in [3.05, 3.63) is 85.5 Å². The molecule has 2 aromatic carbocycles. The van der Waals surface area contributed by atoms with Crippen LogP contribution in [-0.2, 0) is 0 Å². The highest BCUT2D eigenvalue weighted by Gasteiger charge is 2.03. The highest BCUT2D eigenvalue weighted by molar-refractivity contribution is 5.55. The molecule has 0 fully saturated rings. The zero-order valence-electron chi connectivity index (χ0n) is 13.0. The van der Waals surface area contributed by atoms with Crippen LogP contribution in [0.1, 0.15) is 19.3 Å². The van der Waals surface area contributed by atoms with Crippen LogP contribution in [0.2, 0.25) is 0 Å². The van der Waals surface area contributed by atoms with Gasteiger partial charge in [0.25, 0.3) is 0 Å². The molecule has 2 rings (SSSR count). The van der Waals surface area contributed by atoms with Crippen LogP contribution < -0.4 is 10.4 Å². The predicted octanol–water partition coefficient (Wildman–Crippen LogP) is 5.43. The van der Waals surface area contributed by atoms with Crippen molar-refractivity contribution in [1.82, 2.24) is 0 Å². The van der Waals surface area contributed by atoms with Gasteiger partial charge in [0, 0.05) is 0 Å². The molecule has 0 spiro atoms.